The Bertz CT molecular complexity index is 431. The van der Waals surface area contributed by atoms with Crippen LogP contribution in [0.15, 0.2) is 21.3 Å². The van der Waals surface area contributed by atoms with Gasteiger partial charge in [0.25, 0.3) is 5.89 Å². The third kappa shape index (κ3) is 1.68. The summed E-state index contributed by atoms with van der Waals surface area (Å²) >= 11 is 1.64. The summed E-state index contributed by atoms with van der Waals surface area (Å²) < 4.78 is 5.24. The smallest absolute Gasteiger partial charge is 0.258 e. The number of hydrogen-bond acceptors (Lipinski definition) is 5. The Labute approximate surface area is 91.3 Å². The first-order chi connectivity index (χ1) is 7.43. The van der Waals surface area contributed by atoms with E-state index in [1.54, 1.807) is 11.3 Å². The van der Waals surface area contributed by atoms with Crippen molar-refractivity contribution in [1.29, 1.82) is 0 Å². The summed E-state index contributed by atoms with van der Waals surface area (Å²) in [7, 11) is 0. The van der Waals surface area contributed by atoms with Crippen LogP contribution in [0.4, 0.5) is 0 Å². The van der Waals surface area contributed by atoms with Gasteiger partial charge in [0.1, 0.15) is 0 Å². The van der Waals surface area contributed by atoms with E-state index in [0.29, 0.717) is 11.8 Å². The first-order valence-electron chi connectivity index (χ1n) is 5.00. The molecule has 4 nitrogen and oxygen atoms in total. The predicted molar refractivity (Wildman–Crippen MR) is 57.8 cm³/mol. The van der Waals surface area contributed by atoms with Crippen molar-refractivity contribution >= 4 is 11.3 Å². The molecule has 1 aliphatic rings. The van der Waals surface area contributed by atoms with Crippen LogP contribution in [0.3, 0.4) is 0 Å². The van der Waals surface area contributed by atoms with Gasteiger partial charge in [-0.05, 0) is 24.4 Å². The van der Waals surface area contributed by atoms with E-state index in [0.717, 1.165) is 30.9 Å². The van der Waals surface area contributed by atoms with Crippen LogP contribution in [0.2, 0.25) is 0 Å². The van der Waals surface area contributed by atoms with Crippen molar-refractivity contribution in [2.45, 2.75) is 12.3 Å². The van der Waals surface area contributed by atoms with E-state index in [1.807, 2.05) is 16.8 Å². The van der Waals surface area contributed by atoms with E-state index >= 15 is 0 Å². The summed E-state index contributed by atoms with van der Waals surface area (Å²) in [5.74, 6) is 1.89. The Kier molecular flexibility index (Phi) is 2.26. The van der Waals surface area contributed by atoms with Crippen molar-refractivity contribution < 1.29 is 4.52 Å². The zero-order valence-electron chi connectivity index (χ0n) is 8.14. The quantitative estimate of drug-likeness (QED) is 0.841. The number of rotatable bonds is 2. The number of thiophene rings is 1. The minimum atomic E-state index is 0.418. The molecular formula is C10H11N3OS. The van der Waals surface area contributed by atoms with Crippen LogP contribution in [0, 0.1) is 0 Å². The molecule has 1 unspecified atom stereocenters. The molecule has 2 aromatic heterocycles. The summed E-state index contributed by atoms with van der Waals surface area (Å²) in [6.45, 7) is 2.01. The van der Waals surface area contributed by atoms with Crippen LogP contribution in [0.25, 0.3) is 11.5 Å². The van der Waals surface area contributed by atoms with Gasteiger partial charge in [-0.25, -0.2) is 0 Å². The molecule has 0 aliphatic carbocycles. The van der Waals surface area contributed by atoms with Gasteiger partial charge in [-0.15, -0.1) is 0 Å². The normalized spacial score (nSPS) is 20.9. The lowest BCUT2D eigenvalue weighted by Crippen LogP contribution is -2.08. The number of hydrogen-bond donors (Lipinski definition) is 1. The molecule has 1 aliphatic heterocycles. The molecule has 3 rings (SSSR count). The Morgan fingerprint density at radius 2 is 2.53 bits per heavy atom. The minimum Gasteiger partial charge on any atom is -0.334 e. The van der Waals surface area contributed by atoms with E-state index in [4.69, 9.17) is 4.52 Å². The Morgan fingerprint density at radius 3 is 3.27 bits per heavy atom. The van der Waals surface area contributed by atoms with Crippen LogP contribution in [-0.2, 0) is 0 Å². The third-order valence-electron chi connectivity index (χ3n) is 2.64. The highest BCUT2D eigenvalue weighted by molar-refractivity contribution is 7.08. The predicted octanol–water partition coefficient (Wildman–Crippen LogP) is 1.87. The van der Waals surface area contributed by atoms with Crippen molar-refractivity contribution in [3.05, 3.63) is 22.7 Å². The molecule has 0 amide bonds. The lowest BCUT2D eigenvalue weighted by molar-refractivity contribution is 0.417. The number of aromatic nitrogens is 2. The summed E-state index contributed by atoms with van der Waals surface area (Å²) in [5.41, 5.74) is 1.02. The molecule has 1 saturated heterocycles. The van der Waals surface area contributed by atoms with Crippen LogP contribution >= 0.6 is 11.3 Å². The maximum absolute atomic E-state index is 5.24. The summed E-state index contributed by atoms with van der Waals surface area (Å²) in [4.78, 5) is 4.42. The van der Waals surface area contributed by atoms with Crippen molar-refractivity contribution in [1.82, 2.24) is 15.5 Å². The van der Waals surface area contributed by atoms with Crippen LogP contribution in [0.5, 0.6) is 0 Å². The second kappa shape index (κ2) is 3.75. The summed E-state index contributed by atoms with van der Waals surface area (Å²) in [6, 6.07) is 1.99. The Balaban J connectivity index is 1.87. The monoisotopic (exact) mass is 221 g/mol. The number of nitrogens with zero attached hydrogens (tertiary/aromatic N) is 2. The van der Waals surface area contributed by atoms with Gasteiger partial charge in [-0.2, -0.15) is 16.3 Å². The molecule has 0 spiro atoms. The highest BCUT2D eigenvalue weighted by atomic mass is 32.1. The van der Waals surface area contributed by atoms with Gasteiger partial charge >= 0.3 is 0 Å². The third-order valence-corrected chi connectivity index (χ3v) is 3.32. The molecule has 15 heavy (non-hydrogen) atoms. The van der Waals surface area contributed by atoms with Crippen molar-refractivity contribution in [2.24, 2.45) is 0 Å². The van der Waals surface area contributed by atoms with Gasteiger partial charge < -0.3 is 9.84 Å². The highest BCUT2D eigenvalue weighted by Crippen LogP contribution is 2.24. The molecule has 0 aromatic carbocycles. The van der Waals surface area contributed by atoms with E-state index in [2.05, 4.69) is 15.5 Å². The molecule has 5 heteroatoms. The van der Waals surface area contributed by atoms with E-state index in [9.17, 15) is 0 Å². The van der Waals surface area contributed by atoms with E-state index < -0.39 is 0 Å². The van der Waals surface area contributed by atoms with Crippen LogP contribution < -0.4 is 5.32 Å². The molecule has 1 fully saturated rings. The first-order valence-corrected chi connectivity index (χ1v) is 5.94. The molecule has 1 atom stereocenters. The van der Waals surface area contributed by atoms with Crippen molar-refractivity contribution in [3.8, 4) is 11.5 Å². The van der Waals surface area contributed by atoms with Gasteiger partial charge in [-0.1, -0.05) is 5.16 Å². The fourth-order valence-corrected chi connectivity index (χ4v) is 2.41. The molecule has 2 aromatic rings. The molecule has 0 bridgehead atoms. The van der Waals surface area contributed by atoms with Crippen molar-refractivity contribution in [3.63, 3.8) is 0 Å². The average Bonchev–Trinajstić information content (AvgIpc) is 3.02. The Hall–Kier alpha value is -1.20. The summed E-state index contributed by atoms with van der Waals surface area (Å²) in [5, 5.41) is 11.4. The molecule has 0 radical (unpaired) electrons. The van der Waals surface area contributed by atoms with Gasteiger partial charge in [0, 0.05) is 17.8 Å². The van der Waals surface area contributed by atoms with Crippen molar-refractivity contribution in [2.75, 3.05) is 13.1 Å². The summed E-state index contributed by atoms with van der Waals surface area (Å²) in [6.07, 6.45) is 1.10. The molecular weight excluding hydrogens is 210 g/mol. The average molecular weight is 221 g/mol. The zero-order chi connectivity index (χ0) is 10.1. The standard InChI is InChI=1S/C10H11N3OS/c1-3-11-5-7(1)9-12-10(14-13-9)8-2-4-15-6-8/h2,4,6-7,11H,1,3,5H2. The molecule has 78 valence electrons. The Morgan fingerprint density at radius 1 is 1.53 bits per heavy atom. The van der Waals surface area contributed by atoms with Gasteiger partial charge in [0.15, 0.2) is 5.82 Å². The minimum absolute atomic E-state index is 0.418. The molecule has 3 heterocycles. The number of nitrogens with one attached hydrogen (secondary N) is 1. The maximum atomic E-state index is 5.24. The van der Waals surface area contributed by atoms with E-state index in [1.165, 1.54) is 0 Å². The highest BCUT2D eigenvalue weighted by Gasteiger charge is 2.22. The lowest BCUT2D eigenvalue weighted by atomic mass is 10.1. The SMILES string of the molecule is c1cc(-c2nc(C3CCNC3)no2)cs1. The molecule has 1 N–H and O–H groups in total. The molecule has 0 saturated carbocycles. The van der Waals surface area contributed by atoms with Gasteiger partial charge in [-0.3, -0.25) is 0 Å². The van der Waals surface area contributed by atoms with E-state index in [-0.39, 0.29) is 0 Å². The second-order valence-electron chi connectivity index (χ2n) is 3.66. The maximum Gasteiger partial charge on any atom is 0.258 e. The fraction of sp³-hybridized carbons (Fsp3) is 0.400. The zero-order valence-corrected chi connectivity index (χ0v) is 8.96. The topological polar surface area (TPSA) is 51.0 Å². The first kappa shape index (κ1) is 9.06. The fourth-order valence-electron chi connectivity index (χ4n) is 1.78. The largest absolute Gasteiger partial charge is 0.334 e. The van der Waals surface area contributed by atoms with Gasteiger partial charge in [0.2, 0.25) is 0 Å². The lowest BCUT2D eigenvalue weighted by Gasteiger charge is -1.98. The van der Waals surface area contributed by atoms with Gasteiger partial charge in [0.05, 0.1) is 5.56 Å². The van der Waals surface area contributed by atoms with Crippen LogP contribution in [0.1, 0.15) is 18.2 Å². The van der Waals surface area contributed by atoms with Crippen LogP contribution in [-0.4, -0.2) is 23.2 Å². The second-order valence-corrected chi connectivity index (χ2v) is 4.44.